The first-order valence-electron chi connectivity index (χ1n) is 7.61. The second kappa shape index (κ2) is 6.11. The predicted molar refractivity (Wildman–Crippen MR) is 76.7 cm³/mol. The van der Waals surface area contributed by atoms with Crippen molar-refractivity contribution in [2.24, 2.45) is 5.92 Å². The fourth-order valence-electron chi connectivity index (χ4n) is 3.31. The highest BCUT2D eigenvalue weighted by molar-refractivity contribution is 5.80. The van der Waals surface area contributed by atoms with E-state index in [-0.39, 0.29) is 11.9 Å². The van der Waals surface area contributed by atoms with E-state index in [1.165, 1.54) is 6.33 Å². The lowest BCUT2D eigenvalue weighted by Gasteiger charge is -2.34. The van der Waals surface area contributed by atoms with Crippen molar-refractivity contribution in [1.82, 2.24) is 24.6 Å². The van der Waals surface area contributed by atoms with Gasteiger partial charge in [-0.05, 0) is 12.8 Å². The van der Waals surface area contributed by atoms with Gasteiger partial charge < -0.3 is 9.64 Å². The third kappa shape index (κ3) is 2.94. The van der Waals surface area contributed by atoms with Gasteiger partial charge in [0.1, 0.15) is 18.7 Å². The Morgan fingerprint density at radius 3 is 2.76 bits per heavy atom. The van der Waals surface area contributed by atoms with Crippen LogP contribution in [-0.2, 0) is 9.53 Å². The molecule has 0 aromatic carbocycles. The molecule has 3 rings (SSSR count). The van der Waals surface area contributed by atoms with Gasteiger partial charge in [0.15, 0.2) is 0 Å². The zero-order chi connectivity index (χ0) is 14.8. The van der Waals surface area contributed by atoms with E-state index < -0.39 is 0 Å². The third-order valence-electron chi connectivity index (χ3n) is 4.59. The van der Waals surface area contributed by atoms with Crippen molar-refractivity contribution in [3.8, 4) is 0 Å². The van der Waals surface area contributed by atoms with Crippen LogP contribution in [0.3, 0.4) is 0 Å². The summed E-state index contributed by atoms with van der Waals surface area (Å²) < 4.78 is 7.04. The van der Waals surface area contributed by atoms with Gasteiger partial charge in [0.25, 0.3) is 0 Å². The van der Waals surface area contributed by atoms with Gasteiger partial charge >= 0.3 is 0 Å². The molecule has 2 fully saturated rings. The molecular weight excluding hydrogens is 270 g/mol. The molecule has 7 heteroatoms. The second-order valence-corrected chi connectivity index (χ2v) is 5.99. The van der Waals surface area contributed by atoms with Crippen LogP contribution in [0.2, 0.25) is 0 Å². The van der Waals surface area contributed by atoms with Crippen molar-refractivity contribution in [2.45, 2.75) is 25.9 Å². The molecule has 21 heavy (non-hydrogen) atoms. The quantitative estimate of drug-likeness (QED) is 0.786. The molecule has 3 heterocycles. The Morgan fingerprint density at radius 1 is 1.33 bits per heavy atom. The number of hydrogen-bond acceptors (Lipinski definition) is 5. The molecule has 0 spiro atoms. The first-order valence-corrected chi connectivity index (χ1v) is 7.61. The summed E-state index contributed by atoms with van der Waals surface area (Å²) >= 11 is 0. The van der Waals surface area contributed by atoms with Crippen molar-refractivity contribution >= 4 is 5.91 Å². The standard InChI is InChI=1S/C14H23N5O2/c1-11-7-18(8-13(11)17-3-5-21-6-4-17)14(20)12(2)19-10-15-9-16-19/h9-13H,3-8H2,1-2H3. The molecule has 1 amide bonds. The van der Waals surface area contributed by atoms with Gasteiger partial charge in [-0.25, -0.2) is 9.67 Å². The normalized spacial score (nSPS) is 28.8. The summed E-state index contributed by atoms with van der Waals surface area (Å²) in [5, 5.41) is 4.07. The Balaban J connectivity index is 1.63. The Bertz CT molecular complexity index is 472. The molecule has 2 aliphatic rings. The molecule has 1 aromatic heterocycles. The number of carbonyl (C=O) groups excluding carboxylic acids is 1. The average molecular weight is 293 g/mol. The number of nitrogens with zero attached hydrogens (tertiary/aromatic N) is 5. The van der Waals surface area contributed by atoms with Crippen LogP contribution in [0, 0.1) is 5.92 Å². The minimum atomic E-state index is -0.289. The minimum Gasteiger partial charge on any atom is -0.379 e. The summed E-state index contributed by atoms with van der Waals surface area (Å²) in [4.78, 5) is 21.0. The molecule has 0 saturated carbocycles. The lowest BCUT2D eigenvalue weighted by molar-refractivity contribution is -0.133. The van der Waals surface area contributed by atoms with E-state index in [9.17, 15) is 4.79 Å². The smallest absolute Gasteiger partial charge is 0.247 e. The number of rotatable bonds is 3. The summed E-state index contributed by atoms with van der Waals surface area (Å²) in [6.45, 7) is 9.26. The molecule has 1 aromatic rings. The molecule has 3 unspecified atom stereocenters. The van der Waals surface area contributed by atoms with Crippen LogP contribution < -0.4 is 0 Å². The van der Waals surface area contributed by atoms with Crippen LogP contribution in [-0.4, -0.2) is 75.9 Å². The number of hydrogen-bond donors (Lipinski definition) is 0. The molecule has 0 aliphatic carbocycles. The zero-order valence-electron chi connectivity index (χ0n) is 12.7. The lowest BCUT2D eigenvalue weighted by atomic mass is 10.0. The van der Waals surface area contributed by atoms with Gasteiger partial charge in [-0.1, -0.05) is 6.92 Å². The number of carbonyl (C=O) groups is 1. The highest BCUT2D eigenvalue weighted by atomic mass is 16.5. The average Bonchev–Trinajstić information content (AvgIpc) is 3.16. The first kappa shape index (κ1) is 14.5. The molecule has 0 N–H and O–H groups in total. The molecule has 116 valence electrons. The maximum absolute atomic E-state index is 12.6. The number of aromatic nitrogens is 3. The van der Waals surface area contributed by atoms with E-state index in [2.05, 4.69) is 21.9 Å². The Kier molecular flexibility index (Phi) is 4.21. The van der Waals surface area contributed by atoms with Crippen LogP contribution in [0.1, 0.15) is 19.9 Å². The van der Waals surface area contributed by atoms with E-state index in [0.717, 1.165) is 39.4 Å². The van der Waals surface area contributed by atoms with Crippen LogP contribution in [0.5, 0.6) is 0 Å². The maximum atomic E-state index is 12.6. The van der Waals surface area contributed by atoms with Gasteiger partial charge in [0.05, 0.1) is 13.2 Å². The molecule has 0 bridgehead atoms. The molecule has 2 saturated heterocycles. The topological polar surface area (TPSA) is 63.5 Å². The van der Waals surface area contributed by atoms with Crippen molar-refractivity contribution < 1.29 is 9.53 Å². The Labute approximate surface area is 124 Å². The summed E-state index contributed by atoms with van der Waals surface area (Å²) in [6.07, 6.45) is 3.06. The van der Waals surface area contributed by atoms with Gasteiger partial charge in [-0.15, -0.1) is 0 Å². The second-order valence-electron chi connectivity index (χ2n) is 5.99. The van der Waals surface area contributed by atoms with E-state index in [1.54, 1.807) is 11.0 Å². The molecule has 2 aliphatic heterocycles. The van der Waals surface area contributed by atoms with Gasteiger partial charge in [0, 0.05) is 32.2 Å². The van der Waals surface area contributed by atoms with Crippen molar-refractivity contribution in [3.05, 3.63) is 12.7 Å². The fourth-order valence-corrected chi connectivity index (χ4v) is 3.31. The van der Waals surface area contributed by atoms with Crippen LogP contribution in [0.4, 0.5) is 0 Å². The SMILES string of the molecule is CC1CN(C(=O)C(C)n2cncn2)CC1N1CCOCC1. The summed E-state index contributed by atoms with van der Waals surface area (Å²) in [6, 6.07) is 0.156. The summed E-state index contributed by atoms with van der Waals surface area (Å²) in [5.41, 5.74) is 0. The van der Waals surface area contributed by atoms with Crippen LogP contribution in [0.15, 0.2) is 12.7 Å². The van der Waals surface area contributed by atoms with E-state index in [0.29, 0.717) is 12.0 Å². The molecule has 3 atom stereocenters. The summed E-state index contributed by atoms with van der Waals surface area (Å²) in [5.74, 6) is 0.623. The van der Waals surface area contributed by atoms with Crippen molar-refractivity contribution in [3.63, 3.8) is 0 Å². The predicted octanol–water partition coefficient (Wildman–Crippen LogP) is 0.0182. The first-order chi connectivity index (χ1) is 10.2. The number of amides is 1. The number of morpholine rings is 1. The highest BCUT2D eigenvalue weighted by Gasteiger charge is 2.38. The maximum Gasteiger partial charge on any atom is 0.247 e. The van der Waals surface area contributed by atoms with E-state index in [1.807, 2.05) is 11.8 Å². The molecule has 0 radical (unpaired) electrons. The van der Waals surface area contributed by atoms with Crippen LogP contribution in [0.25, 0.3) is 0 Å². The summed E-state index contributed by atoms with van der Waals surface area (Å²) in [7, 11) is 0. The monoisotopic (exact) mass is 293 g/mol. The van der Waals surface area contributed by atoms with E-state index in [4.69, 9.17) is 4.74 Å². The Morgan fingerprint density at radius 2 is 2.10 bits per heavy atom. The van der Waals surface area contributed by atoms with Crippen molar-refractivity contribution in [2.75, 3.05) is 39.4 Å². The van der Waals surface area contributed by atoms with Gasteiger partial charge in [-0.3, -0.25) is 9.69 Å². The largest absolute Gasteiger partial charge is 0.379 e. The molecule has 7 nitrogen and oxygen atoms in total. The highest BCUT2D eigenvalue weighted by Crippen LogP contribution is 2.24. The lowest BCUT2D eigenvalue weighted by Crippen LogP contribution is -2.47. The van der Waals surface area contributed by atoms with Gasteiger partial charge in [-0.2, -0.15) is 5.10 Å². The van der Waals surface area contributed by atoms with Gasteiger partial charge in [0.2, 0.25) is 5.91 Å². The molecular formula is C14H23N5O2. The number of ether oxygens (including phenoxy) is 1. The fraction of sp³-hybridized carbons (Fsp3) is 0.786. The van der Waals surface area contributed by atoms with Crippen LogP contribution >= 0.6 is 0 Å². The Hall–Kier alpha value is -1.47. The third-order valence-corrected chi connectivity index (χ3v) is 4.59. The van der Waals surface area contributed by atoms with Crippen molar-refractivity contribution in [1.29, 1.82) is 0 Å². The number of likely N-dealkylation sites (tertiary alicyclic amines) is 1. The zero-order valence-corrected chi connectivity index (χ0v) is 12.7. The van der Waals surface area contributed by atoms with E-state index >= 15 is 0 Å². The minimum absolute atomic E-state index is 0.128.